The second-order valence-corrected chi connectivity index (χ2v) is 6.31. The van der Waals surface area contributed by atoms with Gasteiger partial charge < -0.3 is 14.5 Å². The van der Waals surface area contributed by atoms with E-state index in [0.717, 1.165) is 12.1 Å². The zero-order valence-corrected chi connectivity index (χ0v) is 15.0. The standard InChI is InChI=1S/C20H19F3N2O3/c21-16-7-6-15(18(22)19(16)23)20(27)25-11-9-24(10-12-25)17(26)8-13-28-14-4-2-1-3-5-14/h1-7H,8-13H2. The summed E-state index contributed by atoms with van der Waals surface area (Å²) in [5.74, 6) is -4.67. The van der Waals surface area contributed by atoms with Gasteiger partial charge in [0.25, 0.3) is 5.91 Å². The number of benzene rings is 2. The Morgan fingerprint density at radius 1 is 0.857 bits per heavy atom. The lowest BCUT2D eigenvalue weighted by molar-refractivity contribution is -0.133. The zero-order chi connectivity index (χ0) is 20.1. The van der Waals surface area contributed by atoms with E-state index in [1.54, 1.807) is 17.0 Å². The molecule has 28 heavy (non-hydrogen) atoms. The van der Waals surface area contributed by atoms with Crippen molar-refractivity contribution < 1.29 is 27.5 Å². The third kappa shape index (κ3) is 4.44. The lowest BCUT2D eigenvalue weighted by Crippen LogP contribution is -2.51. The average Bonchev–Trinajstić information content (AvgIpc) is 2.72. The monoisotopic (exact) mass is 392 g/mol. The Hall–Kier alpha value is -3.03. The molecule has 5 nitrogen and oxygen atoms in total. The minimum atomic E-state index is -1.67. The fourth-order valence-corrected chi connectivity index (χ4v) is 2.95. The van der Waals surface area contributed by atoms with Gasteiger partial charge in [0.05, 0.1) is 18.6 Å². The Labute approximate surface area is 160 Å². The van der Waals surface area contributed by atoms with Gasteiger partial charge in [-0.05, 0) is 24.3 Å². The summed E-state index contributed by atoms with van der Waals surface area (Å²) in [5, 5.41) is 0. The number of carbonyl (C=O) groups is 2. The van der Waals surface area contributed by atoms with E-state index in [0.29, 0.717) is 5.75 Å². The molecule has 0 bridgehead atoms. The number of nitrogens with zero attached hydrogens (tertiary/aromatic N) is 2. The second-order valence-electron chi connectivity index (χ2n) is 6.31. The van der Waals surface area contributed by atoms with Gasteiger partial charge in [-0.15, -0.1) is 0 Å². The molecule has 0 saturated carbocycles. The summed E-state index contributed by atoms with van der Waals surface area (Å²) in [7, 11) is 0. The van der Waals surface area contributed by atoms with Crippen molar-refractivity contribution in [3.8, 4) is 5.75 Å². The van der Waals surface area contributed by atoms with Crippen LogP contribution in [0.15, 0.2) is 42.5 Å². The van der Waals surface area contributed by atoms with Crippen LogP contribution >= 0.6 is 0 Å². The van der Waals surface area contributed by atoms with Gasteiger partial charge in [0, 0.05) is 26.2 Å². The van der Waals surface area contributed by atoms with Crippen LogP contribution in [0.3, 0.4) is 0 Å². The Balaban J connectivity index is 1.49. The van der Waals surface area contributed by atoms with E-state index in [-0.39, 0.29) is 45.1 Å². The van der Waals surface area contributed by atoms with Gasteiger partial charge in [-0.1, -0.05) is 18.2 Å². The van der Waals surface area contributed by atoms with E-state index in [9.17, 15) is 22.8 Å². The number of para-hydroxylation sites is 1. The van der Waals surface area contributed by atoms with E-state index in [1.807, 2.05) is 18.2 Å². The minimum Gasteiger partial charge on any atom is -0.493 e. The molecule has 3 rings (SSSR count). The highest BCUT2D eigenvalue weighted by Gasteiger charge is 2.27. The molecule has 1 saturated heterocycles. The number of halogens is 3. The fourth-order valence-electron chi connectivity index (χ4n) is 2.95. The first-order chi connectivity index (χ1) is 13.5. The summed E-state index contributed by atoms with van der Waals surface area (Å²) >= 11 is 0. The topological polar surface area (TPSA) is 49.9 Å². The first-order valence-electron chi connectivity index (χ1n) is 8.86. The van der Waals surface area contributed by atoms with E-state index in [1.165, 1.54) is 4.90 Å². The Morgan fingerprint density at radius 3 is 2.18 bits per heavy atom. The van der Waals surface area contributed by atoms with Crippen LogP contribution in [0.2, 0.25) is 0 Å². The first kappa shape index (κ1) is 19.7. The average molecular weight is 392 g/mol. The van der Waals surface area contributed by atoms with Crippen LogP contribution in [0.5, 0.6) is 5.75 Å². The molecule has 0 N–H and O–H groups in total. The van der Waals surface area contributed by atoms with Gasteiger partial charge in [-0.2, -0.15) is 0 Å². The van der Waals surface area contributed by atoms with Crippen molar-refractivity contribution in [1.82, 2.24) is 9.80 Å². The SMILES string of the molecule is O=C(CCOc1ccccc1)N1CCN(C(=O)c2ccc(F)c(F)c2F)CC1. The molecule has 2 aromatic rings. The lowest BCUT2D eigenvalue weighted by atomic mass is 10.1. The van der Waals surface area contributed by atoms with Crippen molar-refractivity contribution in [2.75, 3.05) is 32.8 Å². The van der Waals surface area contributed by atoms with Gasteiger partial charge in [0.2, 0.25) is 5.91 Å². The molecule has 148 valence electrons. The van der Waals surface area contributed by atoms with Gasteiger partial charge >= 0.3 is 0 Å². The summed E-state index contributed by atoms with van der Waals surface area (Å²) in [6.45, 7) is 1.16. The molecule has 2 amide bonds. The molecule has 0 aromatic heterocycles. The number of amides is 2. The maximum absolute atomic E-state index is 13.8. The molecule has 2 aromatic carbocycles. The summed E-state index contributed by atoms with van der Waals surface area (Å²) in [6.07, 6.45) is 0.195. The lowest BCUT2D eigenvalue weighted by Gasteiger charge is -2.35. The Kier molecular flexibility index (Phi) is 6.18. The van der Waals surface area contributed by atoms with Crippen LogP contribution in [0.4, 0.5) is 13.2 Å². The zero-order valence-electron chi connectivity index (χ0n) is 15.0. The van der Waals surface area contributed by atoms with Gasteiger partial charge in [-0.3, -0.25) is 9.59 Å². The third-order valence-electron chi connectivity index (χ3n) is 4.51. The van der Waals surface area contributed by atoms with Crippen molar-refractivity contribution in [3.63, 3.8) is 0 Å². The van der Waals surface area contributed by atoms with E-state index in [4.69, 9.17) is 4.74 Å². The predicted octanol–water partition coefficient (Wildman–Crippen LogP) is 2.86. The number of rotatable bonds is 5. The van der Waals surface area contributed by atoms with E-state index >= 15 is 0 Å². The van der Waals surface area contributed by atoms with Crippen molar-refractivity contribution in [3.05, 3.63) is 65.5 Å². The normalized spacial score (nSPS) is 14.1. The summed E-state index contributed by atoms with van der Waals surface area (Å²) in [4.78, 5) is 27.5. The Morgan fingerprint density at radius 2 is 1.50 bits per heavy atom. The molecule has 0 radical (unpaired) electrons. The summed E-state index contributed by atoms with van der Waals surface area (Å²) < 4.78 is 45.7. The van der Waals surface area contributed by atoms with E-state index in [2.05, 4.69) is 0 Å². The highest BCUT2D eigenvalue weighted by Crippen LogP contribution is 2.18. The number of hydrogen-bond acceptors (Lipinski definition) is 3. The van der Waals surface area contributed by atoms with Crippen LogP contribution in [-0.2, 0) is 4.79 Å². The van der Waals surface area contributed by atoms with Crippen LogP contribution in [-0.4, -0.2) is 54.4 Å². The molecular formula is C20H19F3N2O3. The van der Waals surface area contributed by atoms with Crippen LogP contribution in [0, 0.1) is 17.5 Å². The second kappa shape index (κ2) is 8.77. The van der Waals surface area contributed by atoms with Crippen LogP contribution in [0.1, 0.15) is 16.8 Å². The maximum atomic E-state index is 13.8. The molecule has 0 unspecified atom stereocenters. The molecule has 1 heterocycles. The fraction of sp³-hybridized carbons (Fsp3) is 0.300. The molecule has 0 aliphatic carbocycles. The largest absolute Gasteiger partial charge is 0.493 e. The van der Waals surface area contributed by atoms with Crippen LogP contribution < -0.4 is 4.74 Å². The Bertz CT molecular complexity index is 853. The number of carbonyl (C=O) groups excluding carboxylic acids is 2. The number of ether oxygens (including phenoxy) is 1. The summed E-state index contributed by atoms with van der Waals surface area (Å²) in [6, 6.07) is 10.8. The predicted molar refractivity (Wildman–Crippen MR) is 95.4 cm³/mol. The van der Waals surface area contributed by atoms with Gasteiger partial charge in [0.15, 0.2) is 17.5 Å². The minimum absolute atomic E-state index is 0.109. The number of piperazine rings is 1. The first-order valence-corrected chi connectivity index (χ1v) is 8.86. The molecular weight excluding hydrogens is 373 g/mol. The molecule has 0 spiro atoms. The van der Waals surface area contributed by atoms with Gasteiger partial charge in [-0.25, -0.2) is 13.2 Å². The highest BCUT2D eigenvalue weighted by molar-refractivity contribution is 5.94. The van der Waals surface area contributed by atoms with Crippen molar-refractivity contribution in [1.29, 1.82) is 0 Å². The van der Waals surface area contributed by atoms with Crippen molar-refractivity contribution in [2.45, 2.75) is 6.42 Å². The molecule has 8 heteroatoms. The molecule has 1 fully saturated rings. The van der Waals surface area contributed by atoms with Crippen LogP contribution in [0.25, 0.3) is 0 Å². The van der Waals surface area contributed by atoms with Crippen molar-refractivity contribution in [2.24, 2.45) is 0 Å². The molecule has 1 aliphatic rings. The smallest absolute Gasteiger partial charge is 0.257 e. The number of hydrogen-bond donors (Lipinski definition) is 0. The third-order valence-corrected chi connectivity index (χ3v) is 4.51. The molecule has 0 atom stereocenters. The van der Waals surface area contributed by atoms with Gasteiger partial charge in [0.1, 0.15) is 5.75 Å². The highest BCUT2D eigenvalue weighted by atomic mass is 19.2. The molecule has 1 aliphatic heterocycles. The van der Waals surface area contributed by atoms with Crippen molar-refractivity contribution >= 4 is 11.8 Å². The quantitative estimate of drug-likeness (QED) is 0.736. The maximum Gasteiger partial charge on any atom is 0.257 e. The van der Waals surface area contributed by atoms with E-state index < -0.39 is 28.9 Å². The summed E-state index contributed by atoms with van der Waals surface area (Å²) in [5.41, 5.74) is -0.519.